The Balaban J connectivity index is 1.50. The zero-order valence-electron chi connectivity index (χ0n) is 18.8. The molecule has 1 aliphatic heterocycles. The maximum atomic E-state index is 12.8. The Hall–Kier alpha value is -3.43. The summed E-state index contributed by atoms with van der Waals surface area (Å²) in [5.74, 6) is -0.564. The molecule has 0 spiro atoms. The smallest absolute Gasteiger partial charge is 0.331 e. The first kappa shape index (κ1) is 25.2. The topological polar surface area (TPSA) is 102 Å². The molecular formula is C25H28N2O6S. The first-order chi connectivity index (χ1) is 16.4. The van der Waals surface area contributed by atoms with Gasteiger partial charge in [-0.15, -0.1) is 0 Å². The first-order valence-electron chi connectivity index (χ1n) is 11.0. The second-order valence-corrected chi connectivity index (χ2v) is 9.59. The van der Waals surface area contributed by atoms with E-state index in [9.17, 15) is 18.0 Å². The van der Waals surface area contributed by atoms with Crippen molar-refractivity contribution in [2.75, 3.05) is 31.6 Å². The molecule has 2 aromatic rings. The molecule has 34 heavy (non-hydrogen) atoms. The molecule has 0 saturated carbocycles. The summed E-state index contributed by atoms with van der Waals surface area (Å²) in [6.07, 6.45) is 7.13. The Morgan fingerprint density at radius 1 is 1.06 bits per heavy atom. The molecule has 2 aromatic carbocycles. The van der Waals surface area contributed by atoms with Crippen molar-refractivity contribution in [2.45, 2.75) is 24.2 Å². The Labute approximate surface area is 199 Å². The Morgan fingerprint density at radius 3 is 2.50 bits per heavy atom. The minimum atomic E-state index is -3.61. The number of esters is 1. The average Bonchev–Trinajstić information content (AvgIpc) is 2.86. The third-order valence-corrected chi connectivity index (χ3v) is 6.97. The van der Waals surface area contributed by atoms with Crippen LogP contribution in [0.1, 0.15) is 24.8 Å². The van der Waals surface area contributed by atoms with Crippen molar-refractivity contribution in [3.05, 3.63) is 72.8 Å². The van der Waals surface area contributed by atoms with Gasteiger partial charge >= 0.3 is 5.97 Å². The number of sulfonamides is 1. The molecule has 1 aliphatic rings. The lowest BCUT2D eigenvalue weighted by atomic mass is 10.2. The molecule has 1 fully saturated rings. The van der Waals surface area contributed by atoms with Crippen molar-refractivity contribution in [3.8, 4) is 5.75 Å². The molecule has 0 aromatic heterocycles. The van der Waals surface area contributed by atoms with Gasteiger partial charge in [0.25, 0.3) is 5.91 Å². The first-order valence-corrected chi connectivity index (χ1v) is 12.4. The van der Waals surface area contributed by atoms with E-state index in [0.717, 1.165) is 24.8 Å². The van der Waals surface area contributed by atoms with Gasteiger partial charge in [0, 0.05) is 24.9 Å². The van der Waals surface area contributed by atoms with Crippen LogP contribution in [0.3, 0.4) is 0 Å². The van der Waals surface area contributed by atoms with Crippen LogP contribution >= 0.6 is 0 Å². The van der Waals surface area contributed by atoms with E-state index in [-0.39, 0.29) is 4.90 Å². The fourth-order valence-electron chi connectivity index (χ4n) is 3.37. The molecule has 8 nitrogen and oxygen atoms in total. The van der Waals surface area contributed by atoms with E-state index in [1.807, 2.05) is 0 Å². The summed E-state index contributed by atoms with van der Waals surface area (Å²) in [6.45, 7) is 4.48. The van der Waals surface area contributed by atoms with E-state index in [4.69, 9.17) is 9.47 Å². The van der Waals surface area contributed by atoms with Crippen LogP contribution in [0, 0.1) is 0 Å². The number of amides is 1. The Morgan fingerprint density at radius 2 is 1.79 bits per heavy atom. The van der Waals surface area contributed by atoms with E-state index in [1.165, 1.54) is 22.5 Å². The highest BCUT2D eigenvalue weighted by Gasteiger charge is 2.26. The largest absolute Gasteiger partial charge is 0.490 e. The maximum absolute atomic E-state index is 12.8. The van der Waals surface area contributed by atoms with Crippen LogP contribution in [0.4, 0.5) is 5.69 Å². The standard InChI is InChI=1S/C25H28N2O6S/c1-2-17-32-22-12-9-20(10-13-22)11-14-25(29)33-19-24(28)26-21-7-6-8-23(18-21)34(30,31)27-15-4-3-5-16-27/h2,6-14,18H,1,3-5,15-17,19H2,(H,26,28)/b14-11+. The predicted molar refractivity (Wildman–Crippen MR) is 130 cm³/mol. The number of benzene rings is 2. The van der Waals surface area contributed by atoms with Gasteiger partial charge in [-0.05, 0) is 54.8 Å². The maximum Gasteiger partial charge on any atom is 0.331 e. The molecule has 9 heteroatoms. The summed E-state index contributed by atoms with van der Waals surface area (Å²) < 4.78 is 37.5. The molecule has 1 amide bonds. The van der Waals surface area contributed by atoms with Crippen molar-refractivity contribution >= 4 is 33.7 Å². The van der Waals surface area contributed by atoms with Crippen LogP contribution in [0.25, 0.3) is 6.08 Å². The fourth-order valence-corrected chi connectivity index (χ4v) is 4.93. The van der Waals surface area contributed by atoms with Gasteiger partial charge < -0.3 is 14.8 Å². The molecule has 0 unspecified atom stereocenters. The van der Waals surface area contributed by atoms with E-state index < -0.39 is 28.5 Å². The minimum absolute atomic E-state index is 0.119. The molecule has 180 valence electrons. The monoisotopic (exact) mass is 484 g/mol. The van der Waals surface area contributed by atoms with Gasteiger partial charge in [0.05, 0.1) is 4.90 Å². The van der Waals surface area contributed by atoms with Crippen LogP contribution in [0.2, 0.25) is 0 Å². The van der Waals surface area contributed by atoms with Gasteiger partial charge in [-0.25, -0.2) is 13.2 Å². The fraction of sp³-hybridized carbons (Fsp3) is 0.280. The SMILES string of the molecule is C=CCOc1ccc(/C=C/C(=O)OCC(=O)Nc2cccc(S(=O)(=O)N3CCCCC3)c2)cc1. The number of rotatable bonds is 10. The van der Waals surface area contributed by atoms with Gasteiger partial charge in [-0.2, -0.15) is 4.31 Å². The van der Waals surface area contributed by atoms with Crippen LogP contribution in [0.15, 0.2) is 72.2 Å². The molecule has 3 rings (SSSR count). The number of piperidine rings is 1. The van der Waals surface area contributed by atoms with E-state index in [0.29, 0.717) is 31.1 Å². The summed E-state index contributed by atoms with van der Waals surface area (Å²) in [5, 5.41) is 2.57. The number of ether oxygens (including phenoxy) is 2. The molecule has 0 radical (unpaired) electrons. The number of nitrogens with zero attached hydrogens (tertiary/aromatic N) is 1. The van der Waals surface area contributed by atoms with Crippen molar-refractivity contribution in [2.24, 2.45) is 0 Å². The van der Waals surface area contributed by atoms with Crippen molar-refractivity contribution in [1.82, 2.24) is 4.31 Å². The minimum Gasteiger partial charge on any atom is -0.490 e. The lowest BCUT2D eigenvalue weighted by molar-refractivity contribution is -0.142. The second-order valence-electron chi connectivity index (χ2n) is 7.65. The van der Waals surface area contributed by atoms with Crippen molar-refractivity contribution in [3.63, 3.8) is 0 Å². The summed E-state index contributed by atoms with van der Waals surface area (Å²) >= 11 is 0. The number of anilines is 1. The predicted octanol–water partition coefficient (Wildman–Crippen LogP) is 3.62. The van der Waals surface area contributed by atoms with Gasteiger partial charge in [0.2, 0.25) is 10.0 Å². The Bertz CT molecular complexity index is 1140. The van der Waals surface area contributed by atoms with Gasteiger partial charge in [0.15, 0.2) is 6.61 Å². The van der Waals surface area contributed by atoms with Gasteiger partial charge in [-0.3, -0.25) is 4.79 Å². The van der Waals surface area contributed by atoms with Crippen LogP contribution in [-0.4, -0.2) is 50.9 Å². The number of nitrogens with one attached hydrogen (secondary N) is 1. The van der Waals surface area contributed by atoms with Crippen molar-refractivity contribution in [1.29, 1.82) is 0 Å². The van der Waals surface area contributed by atoms with Crippen LogP contribution in [0.5, 0.6) is 5.75 Å². The zero-order chi connectivity index (χ0) is 24.4. The number of hydrogen-bond acceptors (Lipinski definition) is 6. The molecule has 1 N–H and O–H groups in total. The van der Waals surface area contributed by atoms with Gasteiger partial charge in [-0.1, -0.05) is 37.3 Å². The quantitative estimate of drug-likeness (QED) is 0.314. The van der Waals surface area contributed by atoms with Crippen LogP contribution in [-0.2, 0) is 24.3 Å². The molecule has 1 heterocycles. The Kier molecular flexibility index (Phi) is 9.00. The number of hydrogen-bond donors (Lipinski definition) is 1. The summed E-state index contributed by atoms with van der Waals surface area (Å²) in [6, 6.07) is 13.1. The highest BCUT2D eigenvalue weighted by Crippen LogP contribution is 2.23. The summed E-state index contributed by atoms with van der Waals surface area (Å²) in [5.41, 5.74) is 1.08. The molecular weight excluding hydrogens is 456 g/mol. The van der Waals surface area contributed by atoms with E-state index in [1.54, 1.807) is 48.6 Å². The van der Waals surface area contributed by atoms with E-state index >= 15 is 0 Å². The van der Waals surface area contributed by atoms with E-state index in [2.05, 4.69) is 11.9 Å². The summed E-state index contributed by atoms with van der Waals surface area (Å²) in [7, 11) is -3.61. The van der Waals surface area contributed by atoms with Crippen LogP contribution < -0.4 is 10.1 Å². The lowest BCUT2D eigenvalue weighted by Gasteiger charge is -2.26. The summed E-state index contributed by atoms with van der Waals surface area (Å²) in [4.78, 5) is 24.2. The second kappa shape index (κ2) is 12.2. The molecule has 0 atom stereocenters. The van der Waals surface area contributed by atoms with Crippen molar-refractivity contribution < 1.29 is 27.5 Å². The third kappa shape index (κ3) is 7.29. The highest BCUT2D eigenvalue weighted by molar-refractivity contribution is 7.89. The number of carbonyl (C=O) groups is 2. The normalized spacial score (nSPS) is 14.5. The molecule has 0 bridgehead atoms. The third-order valence-electron chi connectivity index (χ3n) is 5.08. The average molecular weight is 485 g/mol. The van der Waals surface area contributed by atoms with Gasteiger partial charge in [0.1, 0.15) is 12.4 Å². The highest BCUT2D eigenvalue weighted by atomic mass is 32.2. The zero-order valence-corrected chi connectivity index (χ0v) is 19.6. The lowest BCUT2D eigenvalue weighted by Crippen LogP contribution is -2.35. The molecule has 0 aliphatic carbocycles. The number of carbonyl (C=O) groups excluding carboxylic acids is 2. The molecule has 1 saturated heterocycles.